The highest BCUT2D eigenvalue weighted by Gasteiger charge is 2.14. The van der Waals surface area contributed by atoms with Crippen molar-refractivity contribution in [2.75, 3.05) is 0 Å². The van der Waals surface area contributed by atoms with Gasteiger partial charge in [-0.3, -0.25) is 0 Å². The van der Waals surface area contributed by atoms with Gasteiger partial charge in [-0.05, 0) is 12.8 Å². The Kier molecular flexibility index (Phi) is 15.3. The summed E-state index contributed by atoms with van der Waals surface area (Å²) in [6, 6.07) is 0. The molecule has 0 aromatic carbocycles. The molecule has 2 atom stereocenters. The van der Waals surface area contributed by atoms with Gasteiger partial charge in [-0.2, -0.15) is 0 Å². The maximum atomic E-state index is 9.91. The van der Waals surface area contributed by atoms with Crippen molar-refractivity contribution >= 4 is 0 Å². The third kappa shape index (κ3) is 12.9. The Labute approximate surface area is 127 Å². The van der Waals surface area contributed by atoms with E-state index in [1.54, 1.807) is 0 Å². The second kappa shape index (κ2) is 15.3. The van der Waals surface area contributed by atoms with Gasteiger partial charge in [0.2, 0.25) is 0 Å². The highest BCUT2D eigenvalue weighted by molar-refractivity contribution is 4.67. The Morgan fingerprint density at radius 3 is 1.15 bits per heavy atom. The SMILES string of the molecule is CCCCCCCCC(O)[C@H](O)CCCCCCCC. The fourth-order valence-corrected chi connectivity index (χ4v) is 2.65. The van der Waals surface area contributed by atoms with Gasteiger partial charge in [0.25, 0.3) is 0 Å². The number of hydrogen-bond acceptors (Lipinski definition) is 2. The summed E-state index contributed by atoms with van der Waals surface area (Å²) in [5.74, 6) is 0. The summed E-state index contributed by atoms with van der Waals surface area (Å²) in [5.41, 5.74) is 0. The lowest BCUT2D eigenvalue weighted by Crippen LogP contribution is -2.25. The topological polar surface area (TPSA) is 40.5 Å². The Morgan fingerprint density at radius 2 is 0.800 bits per heavy atom. The van der Waals surface area contributed by atoms with E-state index in [2.05, 4.69) is 13.8 Å². The smallest absolute Gasteiger partial charge is 0.0799 e. The molecule has 0 amide bonds. The molecule has 0 saturated carbocycles. The molecule has 0 saturated heterocycles. The average molecular weight is 286 g/mol. The third-order valence-electron chi connectivity index (χ3n) is 4.15. The van der Waals surface area contributed by atoms with E-state index < -0.39 is 12.2 Å². The lowest BCUT2D eigenvalue weighted by Gasteiger charge is -2.17. The number of rotatable bonds is 15. The molecule has 0 aromatic heterocycles. The van der Waals surface area contributed by atoms with Crippen LogP contribution in [0.1, 0.15) is 104 Å². The van der Waals surface area contributed by atoms with E-state index in [0.717, 1.165) is 25.7 Å². The van der Waals surface area contributed by atoms with Crippen LogP contribution in [0.4, 0.5) is 0 Å². The van der Waals surface area contributed by atoms with Crippen LogP contribution in [0.3, 0.4) is 0 Å². The molecule has 0 fully saturated rings. The van der Waals surface area contributed by atoms with Crippen LogP contribution in [-0.2, 0) is 0 Å². The van der Waals surface area contributed by atoms with Crippen molar-refractivity contribution in [3.63, 3.8) is 0 Å². The van der Waals surface area contributed by atoms with Crippen molar-refractivity contribution in [3.8, 4) is 0 Å². The van der Waals surface area contributed by atoms with Crippen LogP contribution in [0, 0.1) is 0 Å². The number of unbranched alkanes of at least 4 members (excludes halogenated alkanes) is 10. The normalized spacial score (nSPS) is 14.4. The molecule has 0 heterocycles. The van der Waals surface area contributed by atoms with Crippen LogP contribution in [0.2, 0.25) is 0 Å². The first-order valence-corrected chi connectivity index (χ1v) is 9.08. The van der Waals surface area contributed by atoms with Gasteiger partial charge in [-0.15, -0.1) is 0 Å². The first kappa shape index (κ1) is 19.9. The van der Waals surface area contributed by atoms with Crippen LogP contribution in [0.15, 0.2) is 0 Å². The minimum absolute atomic E-state index is 0.503. The standard InChI is InChI=1S/C18H38O2/c1-3-5-7-9-11-13-15-17(19)18(20)16-14-12-10-8-6-4-2/h17-20H,3-16H2,1-2H3/t17-,18?/m1/s1. The first-order valence-electron chi connectivity index (χ1n) is 9.08. The molecule has 1 unspecified atom stereocenters. The summed E-state index contributed by atoms with van der Waals surface area (Å²) in [6.07, 6.45) is 15.4. The van der Waals surface area contributed by atoms with Gasteiger partial charge in [0.05, 0.1) is 12.2 Å². The van der Waals surface area contributed by atoms with E-state index in [9.17, 15) is 10.2 Å². The maximum Gasteiger partial charge on any atom is 0.0799 e. The second-order valence-electron chi connectivity index (χ2n) is 6.25. The molecular formula is C18H38O2. The predicted octanol–water partition coefficient (Wildman–Crippen LogP) is 5.21. The van der Waals surface area contributed by atoms with Gasteiger partial charge in [0.15, 0.2) is 0 Å². The molecule has 0 aliphatic heterocycles. The van der Waals surface area contributed by atoms with Crippen LogP contribution >= 0.6 is 0 Å². The van der Waals surface area contributed by atoms with Gasteiger partial charge in [0, 0.05) is 0 Å². The predicted molar refractivity (Wildman–Crippen MR) is 88.0 cm³/mol. The van der Waals surface area contributed by atoms with Crippen molar-refractivity contribution in [3.05, 3.63) is 0 Å². The summed E-state index contributed by atoms with van der Waals surface area (Å²) in [6.45, 7) is 4.45. The minimum Gasteiger partial charge on any atom is -0.390 e. The Hall–Kier alpha value is -0.0800. The molecule has 122 valence electrons. The lowest BCUT2D eigenvalue weighted by molar-refractivity contribution is 0.00712. The molecule has 0 aromatic rings. The first-order chi connectivity index (χ1) is 9.72. The zero-order valence-electron chi connectivity index (χ0n) is 13.9. The molecule has 0 bridgehead atoms. The Bertz CT molecular complexity index is 162. The Balaban J connectivity index is 3.35. The summed E-state index contributed by atoms with van der Waals surface area (Å²) in [4.78, 5) is 0. The molecule has 0 rings (SSSR count). The van der Waals surface area contributed by atoms with Crippen LogP contribution in [0.25, 0.3) is 0 Å². The van der Waals surface area contributed by atoms with Gasteiger partial charge in [-0.25, -0.2) is 0 Å². The van der Waals surface area contributed by atoms with Crippen molar-refractivity contribution in [1.82, 2.24) is 0 Å². The average Bonchev–Trinajstić information content (AvgIpc) is 2.45. The van der Waals surface area contributed by atoms with Crippen molar-refractivity contribution < 1.29 is 10.2 Å². The van der Waals surface area contributed by atoms with Gasteiger partial charge in [0.1, 0.15) is 0 Å². The van der Waals surface area contributed by atoms with Crippen molar-refractivity contribution in [2.24, 2.45) is 0 Å². The zero-order chi connectivity index (χ0) is 15.1. The highest BCUT2D eigenvalue weighted by atomic mass is 16.3. The van der Waals surface area contributed by atoms with Crippen LogP contribution in [-0.4, -0.2) is 22.4 Å². The molecular weight excluding hydrogens is 248 g/mol. The fourth-order valence-electron chi connectivity index (χ4n) is 2.65. The van der Waals surface area contributed by atoms with E-state index in [1.165, 1.54) is 64.2 Å². The molecule has 0 aliphatic carbocycles. The zero-order valence-corrected chi connectivity index (χ0v) is 13.9. The number of aliphatic hydroxyl groups excluding tert-OH is 2. The molecule has 2 heteroatoms. The van der Waals surface area contributed by atoms with E-state index in [0.29, 0.717) is 0 Å². The molecule has 0 radical (unpaired) electrons. The number of aliphatic hydroxyl groups is 2. The van der Waals surface area contributed by atoms with Crippen molar-refractivity contribution in [2.45, 2.75) is 116 Å². The van der Waals surface area contributed by atoms with Crippen molar-refractivity contribution in [1.29, 1.82) is 0 Å². The largest absolute Gasteiger partial charge is 0.390 e. The maximum absolute atomic E-state index is 9.91. The van der Waals surface area contributed by atoms with E-state index >= 15 is 0 Å². The minimum atomic E-state index is -0.503. The Morgan fingerprint density at radius 1 is 0.500 bits per heavy atom. The molecule has 2 nitrogen and oxygen atoms in total. The summed E-state index contributed by atoms with van der Waals surface area (Å²) in [5, 5.41) is 19.8. The van der Waals surface area contributed by atoms with E-state index in [-0.39, 0.29) is 0 Å². The van der Waals surface area contributed by atoms with E-state index in [4.69, 9.17) is 0 Å². The molecule has 0 spiro atoms. The fraction of sp³-hybridized carbons (Fsp3) is 1.00. The number of hydrogen-bond donors (Lipinski definition) is 2. The van der Waals surface area contributed by atoms with Gasteiger partial charge < -0.3 is 10.2 Å². The molecule has 0 aliphatic rings. The van der Waals surface area contributed by atoms with E-state index in [1.807, 2.05) is 0 Å². The molecule has 20 heavy (non-hydrogen) atoms. The van der Waals surface area contributed by atoms with Crippen LogP contribution in [0.5, 0.6) is 0 Å². The second-order valence-corrected chi connectivity index (χ2v) is 6.25. The molecule has 2 N–H and O–H groups in total. The monoisotopic (exact) mass is 286 g/mol. The summed E-state index contributed by atoms with van der Waals surface area (Å²) < 4.78 is 0. The van der Waals surface area contributed by atoms with Gasteiger partial charge in [-0.1, -0.05) is 90.9 Å². The van der Waals surface area contributed by atoms with Gasteiger partial charge >= 0.3 is 0 Å². The highest BCUT2D eigenvalue weighted by Crippen LogP contribution is 2.14. The summed E-state index contributed by atoms with van der Waals surface area (Å²) >= 11 is 0. The lowest BCUT2D eigenvalue weighted by atomic mass is 10.00. The third-order valence-corrected chi connectivity index (χ3v) is 4.15. The van der Waals surface area contributed by atoms with Crippen LogP contribution < -0.4 is 0 Å². The summed E-state index contributed by atoms with van der Waals surface area (Å²) in [7, 11) is 0. The quantitative estimate of drug-likeness (QED) is 0.406.